The van der Waals surface area contributed by atoms with Crippen molar-refractivity contribution in [1.29, 1.82) is 0 Å². The summed E-state index contributed by atoms with van der Waals surface area (Å²) in [6.07, 6.45) is 11.7. The van der Waals surface area contributed by atoms with Crippen LogP contribution in [0.5, 0.6) is 0 Å². The van der Waals surface area contributed by atoms with E-state index in [-0.39, 0.29) is 30.1 Å². The van der Waals surface area contributed by atoms with E-state index in [2.05, 4.69) is 184 Å². The van der Waals surface area contributed by atoms with Crippen LogP contribution in [-0.4, -0.2) is 86.3 Å². The molecule has 2 aliphatic rings. The number of hydrogen-bond acceptors (Lipinski definition) is 14. The number of amides is 1. The van der Waals surface area contributed by atoms with E-state index in [9.17, 15) is 4.79 Å². The highest BCUT2D eigenvalue weighted by Crippen LogP contribution is 2.30. The minimum absolute atomic E-state index is 0.0395. The molecule has 4 heterocycles. The molecule has 5 aromatic carbocycles. The number of rotatable bonds is 16. The Morgan fingerprint density at radius 2 is 0.964 bits per heavy atom. The Hall–Kier alpha value is -8.19. The van der Waals surface area contributed by atoms with Crippen molar-refractivity contribution in [2.75, 3.05) is 21.3 Å². The van der Waals surface area contributed by atoms with Crippen molar-refractivity contribution < 1.29 is 14.8 Å². The molecule has 9 aromatic rings. The lowest BCUT2D eigenvalue weighted by molar-refractivity contribution is -0.119. The van der Waals surface area contributed by atoms with Gasteiger partial charge in [-0.3, -0.25) is 4.79 Å². The molecule has 2 fully saturated rings. The number of carbonyl (C=O) groups is 1. The molecule has 17 nitrogen and oxygen atoms in total. The van der Waals surface area contributed by atoms with E-state index in [1.807, 2.05) is 25.6 Å². The van der Waals surface area contributed by atoms with Crippen molar-refractivity contribution in [2.45, 2.75) is 156 Å². The quantitative estimate of drug-likeness (QED) is 0.0421. The first-order chi connectivity index (χ1) is 40.0. The zero-order chi connectivity index (χ0) is 58.6. The van der Waals surface area contributed by atoms with E-state index in [1.165, 1.54) is 44.5 Å². The molecule has 83 heavy (non-hydrogen) atoms. The zero-order valence-corrected chi connectivity index (χ0v) is 49.3. The van der Waals surface area contributed by atoms with Crippen LogP contribution < -0.4 is 37.8 Å². The molecule has 0 saturated heterocycles. The molecule has 4 aromatic heterocycles. The number of nitrogens with two attached hydrogens (primary N) is 1. The van der Waals surface area contributed by atoms with Crippen LogP contribution in [-0.2, 0) is 17.9 Å². The molecule has 9 N–H and O–H groups in total. The number of nitrogens with one attached hydrogen (secondary N) is 5. The number of nitrogens with zero attached hydrogens (tertiary/aromatic N) is 8. The first-order valence-electron chi connectivity index (χ1n) is 29.3. The first-order valence-corrected chi connectivity index (χ1v) is 29.3. The summed E-state index contributed by atoms with van der Waals surface area (Å²) in [6.45, 7) is 17.6. The van der Waals surface area contributed by atoms with Gasteiger partial charge in [0, 0.05) is 56.3 Å². The maximum Gasteiger partial charge on any atom is 0.488 e. The third-order valence-electron chi connectivity index (χ3n) is 15.4. The SMILES string of the molecule is CC(=O)NC1CCC(Nc2nc(NCc3ccc(-c4cccc(C)c4)cc3)c3ncn(C(C)C)c3n2)CC1.Cc1cccc(-c2ccc(CNc3nc(NC4CCC(N)CC4)nc4c3ncn4C(C)C)cc2)c1.Cc1cccc(B(O)O)c1. The summed E-state index contributed by atoms with van der Waals surface area (Å²) in [6, 6.07) is 43.3. The van der Waals surface area contributed by atoms with E-state index in [0.717, 1.165) is 90.9 Å². The number of benzene rings is 5. The van der Waals surface area contributed by atoms with Crippen LogP contribution in [0.1, 0.15) is 126 Å². The van der Waals surface area contributed by atoms with Crippen LogP contribution in [0.2, 0.25) is 0 Å². The van der Waals surface area contributed by atoms with Gasteiger partial charge >= 0.3 is 7.12 Å². The van der Waals surface area contributed by atoms with Crippen LogP contribution in [0, 0.1) is 20.8 Å². The van der Waals surface area contributed by atoms with Gasteiger partial charge in [-0.25, -0.2) is 9.97 Å². The van der Waals surface area contributed by atoms with Crippen LogP contribution in [0.25, 0.3) is 44.6 Å². The van der Waals surface area contributed by atoms with Gasteiger partial charge < -0.3 is 51.5 Å². The standard InChI is InChI=1S/C30H37N7O.C28H35N7.C7H9BO2/c1-19(2)37-18-32-27-28(31-17-22-8-10-23(11-9-22)24-7-5-6-20(3)16-24)35-30(36-29(27)37)34-26-14-12-25(13-15-26)33-21(4)38;1-18(2)35-17-31-25-26(33-28(34-27(25)35)32-24-13-11-23(29)12-14-24)30-16-20-7-9-21(10-8-20)22-6-4-5-19(3)15-22;1-6-3-2-4-7(5-6)8(9)10/h5-11,16,18-19,25-26H,12-15,17H2,1-4H3,(H,33,38)(H2,31,34,35,36);4-10,15,17-18,23-24H,11-14,16,29H2,1-3H3,(H2,30,32,33,34);2-5,9-10H,1H3. The molecule has 432 valence electrons. The van der Waals surface area contributed by atoms with Crippen LogP contribution >= 0.6 is 0 Å². The molecule has 2 saturated carbocycles. The van der Waals surface area contributed by atoms with Gasteiger partial charge in [0.25, 0.3) is 0 Å². The van der Waals surface area contributed by atoms with Crippen molar-refractivity contribution >= 4 is 64.3 Å². The fourth-order valence-electron chi connectivity index (χ4n) is 10.7. The Kier molecular flexibility index (Phi) is 19.9. The lowest BCUT2D eigenvalue weighted by Crippen LogP contribution is -2.39. The normalized spacial score (nSPS) is 16.8. The van der Waals surface area contributed by atoms with E-state index in [0.29, 0.717) is 42.5 Å². The summed E-state index contributed by atoms with van der Waals surface area (Å²) in [7, 11) is -1.35. The predicted molar refractivity (Wildman–Crippen MR) is 338 cm³/mol. The number of aromatic nitrogens is 8. The summed E-state index contributed by atoms with van der Waals surface area (Å²) in [5, 5.41) is 34.6. The average Bonchev–Trinajstić information content (AvgIpc) is 4.36. The van der Waals surface area contributed by atoms with Crippen molar-refractivity contribution in [3.05, 3.63) is 162 Å². The summed E-state index contributed by atoms with van der Waals surface area (Å²) in [4.78, 5) is 40.1. The number of imidazole rings is 2. The minimum atomic E-state index is -1.35. The zero-order valence-electron chi connectivity index (χ0n) is 49.3. The topological polar surface area (TPSA) is 231 Å². The van der Waals surface area contributed by atoms with Crippen molar-refractivity contribution in [3.63, 3.8) is 0 Å². The molecular formula is C65H81BN14O3. The number of anilines is 4. The largest absolute Gasteiger partial charge is 0.488 e. The molecular weight excluding hydrogens is 1040 g/mol. The van der Waals surface area contributed by atoms with Crippen LogP contribution in [0.3, 0.4) is 0 Å². The fourth-order valence-corrected chi connectivity index (χ4v) is 10.7. The highest BCUT2D eigenvalue weighted by Gasteiger charge is 2.25. The highest BCUT2D eigenvalue weighted by atomic mass is 16.4. The number of carbonyl (C=O) groups excluding carboxylic acids is 1. The Bertz CT molecular complexity index is 3570. The van der Waals surface area contributed by atoms with Gasteiger partial charge in [-0.15, -0.1) is 0 Å². The number of fused-ring (bicyclic) bond motifs is 2. The molecule has 0 radical (unpaired) electrons. The van der Waals surface area contributed by atoms with E-state index in [1.54, 1.807) is 25.1 Å². The van der Waals surface area contributed by atoms with Crippen LogP contribution in [0.15, 0.2) is 134 Å². The second-order valence-corrected chi connectivity index (χ2v) is 22.9. The van der Waals surface area contributed by atoms with Gasteiger partial charge in [-0.1, -0.05) is 138 Å². The molecule has 0 unspecified atom stereocenters. The molecule has 0 spiro atoms. The monoisotopic (exact) mass is 1120 g/mol. The van der Waals surface area contributed by atoms with Crippen LogP contribution in [0.4, 0.5) is 23.5 Å². The second-order valence-electron chi connectivity index (χ2n) is 22.9. The third kappa shape index (κ3) is 16.1. The Morgan fingerprint density at radius 1 is 0.554 bits per heavy atom. The Labute approximate surface area is 488 Å². The molecule has 0 aliphatic heterocycles. The van der Waals surface area contributed by atoms with E-state index >= 15 is 0 Å². The summed E-state index contributed by atoms with van der Waals surface area (Å²) >= 11 is 0. The smallest absolute Gasteiger partial charge is 0.423 e. The average molecular weight is 1120 g/mol. The second kappa shape index (κ2) is 27.7. The summed E-state index contributed by atoms with van der Waals surface area (Å²) in [5.41, 5.74) is 20.7. The lowest BCUT2D eigenvalue weighted by Gasteiger charge is -2.29. The molecule has 0 atom stereocenters. The molecule has 0 bridgehead atoms. The van der Waals surface area contributed by atoms with Gasteiger partial charge in [0.2, 0.25) is 17.8 Å². The fraction of sp³-hybridized carbons (Fsp3) is 0.369. The molecule has 2 aliphatic carbocycles. The number of aryl methyl sites for hydroxylation is 3. The summed E-state index contributed by atoms with van der Waals surface area (Å²) in [5.74, 6) is 2.79. The lowest BCUT2D eigenvalue weighted by atomic mass is 9.80. The van der Waals surface area contributed by atoms with Gasteiger partial charge in [0.15, 0.2) is 34.0 Å². The Morgan fingerprint density at radius 3 is 1.35 bits per heavy atom. The molecule has 18 heteroatoms. The van der Waals surface area contributed by atoms with Crippen molar-refractivity contribution in [2.24, 2.45) is 5.73 Å². The van der Waals surface area contributed by atoms with Gasteiger partial charge in [0.1, 0.15) is 0 Å². The maximum atomic E-state index is 11.4. The van der Waals surface area contributed by atoms with Crippen molar-refractivity contribution in [3.8, 4) is 22.3 Å². The highest BCUT2D eigenvalue weighted by molar-refractivity contribution is 6.58. The van der Waals surface area contributed by atoms with Gasteiger partial charge in [-0.05, 0) is 139 Å². The predicted octanol–water partition coefficient (Wildman–Crippen LogP) is 11.2. The molecule has 1 amide bonds. The minimum Gasteiger partial charge on any atom is -0.423 e. The van der Waals surface area contributed by atoms with E-state index in [4.69, 9.17) is 35.7 Å². The van der Waals surface area contributed by atoms with Gasteiger partial charge in [-0.2, -0.15) is 19.9 Å². The third-order valence-corrected chi connectivity index (χ3v) is 15.4. The number of hydrogen-bond donors (Lipinski definition) is 8. The maximum absolute atomic E-state index is 11.4. The summed E-state index contributed by atoms with van der Waals surface area (Å²) < 4.78 is 4.18. The van der Waals surface area contributed by atoms with E-state index < -0.39 is 7.12 Å². The Balaban J connectivity index is 0.000000171. The first kappa shape index (κ1) is 59.4. The molecule has 11 rings (SSSR count). The van der Waals surface area contributed by atoms with Crippen molar-refractivity contribution in [1.82, 2.24) is 44.4 Å². The van der Waals surface area contributed by atoms with Gasteiger partial charge in [0.05, 0.1) is 12.7 Å².